The third kappa shape index (κ3) is 3.51. The predicted octanol–water partition coefficient (Wildman–Crippen LogP) is 5.68. The average molecular weight is 361 g/mol. The van der Waals surface area contributed by atoms with Gasteiger partial charge in [-0.1, -0.05) is 30.1 Å². The molecule has 1 heterocycles. The van der Waals surface area contributed by atoms with Crippen molar-refractivity contribution in [1.29, 1.82) is 0 Å². The highest BCUT2D eigenvalue weighted by Crippen LogP contribution is 2.46. The Balaban J connectivity index is 2.43. The Bertz CT molecular complexity index is 715. The van der Waals surface area contributed by atoms with E-state index < -0.39 is 10.7 Å². The van der Waals surface area contributed by atoms with E-state index in [1.54, 1.807) is 12.1 Å². The normalized spacial score (nSPS) is 12.2. The largest absolute Gasteiger partial charge is 0.377 e. The number of hydrogen-bond donors (Lipinski definition) is 0. The van der Waals surface area contributed by atoms with Crippen molar-refractivity contribution in [2.45, 2.75) is 23.5 Å². The van der Waals surface area contributed by atoms with Gasteiger partial charge in [0.2, 0.25) is 0 Å². The third-order valence-electron chi connectivity index (χ3n) is 2.97. The maximum Gasteiger partial charge on any atom is 0.377 e. The van der Waals surface area contributed by atoms with E-state index in [1.807, 2.05) is 6.92 Å². The van der Waals surface area contributed by atoms with Crippen LogP contribution in [0, 0.1) is 15.9 Å². The molecule has 0 fully saturated rings. The van der Waals surface area contributed by atoms with Gasteiger partial charge in [-0.25, -0.2) is 4.39 Å². The molecule has 0 spiro atoms. The molecule has 0 aliphatic rings. The monoisotopic (exact) mass is 360 g/mol. The summed E-state index contributed by atoms with van der Waals surface area (Å²) in [4.78, 5) is 14.6. The number of thioether (sulfide) groups is 1. The summed E-state index contributed by atoms with van der Waals surface area (Å²) in [6.07, 6.45) is 1.92. The number of hydrogen-bond acceptors (Lipinski definition) is 4. The molecule has 1 unspecified atom stereocenters. The smallest absolute Gasteiger partial charge is 0.358 e. The minimum absolute atomic E-state index is 0.0570. The van der Waals surface area contributed by atoms with Crippen LogP contribution in [-0.2, 0) is 0 Å². The lowest BCUT2D eigenvalue weighted by Gasteiger charge is -2.18. The summed E-state index contributed by atoms with van der Waals surface area (Å²) < 4.78 is 13.7. The lowest BCUT2D eigenvalue weighted by molar-refractivity contribution is -0.392. The van der Waals surface area contributed by atoms with Gasteiger partial charge in [-0.3, -0.25) is 0 Å². The van der Waals surface area contributed by atoms with Crippen molar-refractivity contribution in [3.05, 3.63) is 62.0 Å². The first-order valence-corrected chi connectivity index (χ1v) is 7.98. The Hall–Kier alpha value is -1.37. The molecule has 4 nitrogen and oxygen atoms in total. The number of nitro groups is 1. The fourth-order valence-electron chi connectivity index (χ4n) is 1.95. The Kier molecular flexibility index (Phi) is 5.61. The highest BCUT2D eigenvalue weighted by atomic mass is 35.5. The molecular formula is C14H11Cl2FN2O2S. The van der Waals surface area contributed by atoms with Crippen LogP contribution < -0.4 is 0 Å². The first kappa shape index (κ1) is 17.0. The molecule has 0 N–H and O–H groups in total. The van der Waals surface area contributed by atoms with Crippen molar-refractivity contribution in [1.82, 2.24) is 4.98 Å². The summed E-state index contributed by atoms with van der Waals surface area (Å²) in [7, 11) is 0. The Morgan fingerprint density at radius 1 is 1.41 bits per heavy atom. The second kappa shape index (κ2) is 7.26. The molecule has 0 aliphatic carbocycles. The summed E-state index contributed by atoms with van der Waals surface area (Å²) >= 11 is 13.3. The molecule has 116 valence electrons. The van der Waals surface area contributed by atoms with E-state index in [2.05, 4.69) is 4.98 Å². The fraction of sp³-hybridized carbons (Fsp3) is 0.214. The molecule has 2 rings (SSSR count). The van der Waals surface area contributed by atoms with Crippen LogP contribution in [0.15, 0.2) is 35.4 Å². The molecule has 8 heteroatoms. The van der Waals surface area contributed by atoms with Crippen molar-refractivity contribution in [2.24, 2.45) is 0 Å². The van der Waals surface area contributed by atoms with Gasteiger partial charge in [0.1, 0.15) is 16.9 Å². The third-order valence-corrected chi connectivity index (χ3v) is 5.11. The molecule has 0 radical (unpaired) electrons. The number of benzene rings is 1. The van der Waals surface area contributed by atoms with Gasteiger partial charge in [0.25, 0.3) is 0 Å². The highest BCUT2D eigenvalue weighted by Gasteiger charge is 2.24. The van der Waals surface area contributed by atoms with Crippen molar-refractivity contribution in [2.75, 3.05) is 0 Å². The molecule has 2 aromatic rings. The molecule has 1 atom stereocenters. The van der Waals surface area contributed by atoms with Crippen molar-refractivity contribution < 1.29 is 9.31 Å². The van der Waals surface area contributed by atoms with E-state index in [4.69, 9.17) is 23.2 Å². The summed E-state index contributed by atoms with van der Waals surface area (Å²) in [6.45, 7) is 1.87. The van der Waals surface area contributed by atoms with E-state index in [1.165, 1.54) is 30.1 Å². The quantitative estimate of drug-likeness (QED) is 0.298. The summed E-state index contributed by atoms with van der Waals surface area (Å²) in [5.74, 6) is -0.810. The van der Waals surface area contributed by atoms with Crippen LogP contribution in [0.3, 0.4) is 0 Å². The van der Waals surface area contributed by atoms with Crippen LogP contribution >= 0.6 is 35.0 Å². The van der Waals surface area contributed by atoms with E-state index in [-0.39, 0.29) is 16.1 Å². The van der Waals surface area contributed by atoms with Crippen LogP contribution in [0.2, 0.25) is 10.0 Å². The molecule has 22 heavy (non-hydrogen) atoms. The zero-order valence-corrected chi connectivity index (χ0v) is 13.8. The first-order valence-electron chi connectivity index (χ1n) is 6.35. The minimum Gasteiger partial charge on any atom is -0.358 e. The van der Waals surface area contributed by atoms with Gasteiger partial charge < -0.3 is 10.1 Å². The maximum atomic E-state index is 13.7. The van der Waals surface area contributed by atoms with Gasteiger partial charge in [-0.15, -0.1) is 11.8 Å². The van der Waals surface area contributed by atoms with Crippen LogP contribution in [0.4, 0.5) is 10.2 Å². The number of pyridine rings is 1. The predicted molar refractivity (Wildman–Crippen MR) is 86.2 cm³/mol. The molecule has 0 amide bonds. The van der Waals surface area contributed by atoms with Crippen molar-refractivity contribution >= 4 is 40.8 Å². The summed E-state index contributed by atoms with van der Waals surface area (Å²) in [5, 5.41) is 11.0. The van der Waals surface area contributed by atoms with E-state index in [9.17, 15) is 14.5 Å². The van der Waals surface area contributed by atoms with Gasteiger partial charge in [0.15, 0.2) is 0 Å². The summed E-state index contributed by atoms with van der Waals surface area (Å²) in [5.41, 5.74) is 0.439. The fourth-order valence-corrected chi connectivity index (χ4v) is 3.94. The Morgan fingerprint density at radius 2 is 2.14 bits per heavy atom. The summed E-state index contributed by atoms with van der Waals surface area (Å²) in [6, 6.07) is 5.83. The number of rotatable bonds is 5. The van der Waals surface area contributed by atoms with Crippen LogP contribution in [0.1, 0.15) is 24.2 Å². The van der Waals surface area contributed by atoms with Crippen molar-refractivity contribution in [3.8, 4) is 0 Å². The van der Waals surface area contributed by atoms with Crippen LogP contribution in [0.5, 0.6) is 0 Å². The van der Waals surface area contributed by atoms with Gasteiger partial charge in [-0.05, 0) is 40.6 Å². The zero-order chi connectivity index (χ0) is 16.3. The molecule has 0 saturated heterocycles. The van der Waals surface area contributed by atoms with Crippen LogP contribution in [-0.4, -0.2) is 9.91 Å². The SMILES string of the molecule is CCC(Sc1cccnc1[N+](=O)[O-])c1c(Cl)ccc(F)c1Cl. The molecule has 1 aromatic heterocycles. The van der Waals surface area contributed by atoms with Crippen LogP contribution in [0.25, 0.3) is 0 Å². The first-order chi connectivity index (χ1) is 10.5. The second-order valence-electron chi connectivity index (χ2n) is 4.35. The Labute approximate surface area is 140 Å². The van der Waals surface area contributed by atoms with E-state index in [0.29, 0.717) is 21.9 Å². The standard InChI is InChI=1S/C14H11Cl2FN2O2S/c1-2-10(12-8(15)5-6-9(17)13(12)16)22-11-4-3-7-18-14(11)19(20)21/h3-7,10H,2H2,1H3. The van der Waals surface area contributed by atoms with Gasteiger partial charge >= 0.3 is 5.82 Å². The Morgan fingerprint density at radius 3 is 2.77 bits per heavy atom. The molecule has 1 aromatic carbocycles. The topological polar surface area (TPSA) is 56.0 Å². The highest BCUT2D eigenvalue weighted by molar-refractivity contribution is 7.99. The van der Waals surface area contributed by atoms with Gasteiger partial charge in [0.05, 0.1) is 5.02 Å². The molecule has 0 aliphatic heterocycles. The maximum absolute atomic E-state index is 13.7. The zero-order valence-electron chi connectivity index (χ0n) is 11.4. The number of halogens is 3. The second-order valence-corrected chi connectivity index (χ2v) is 6.38. The van der Waals surface area contributed by atoms with E-state index in [0.717, 1.165) is 0 Å². The van der Waals surface area contributed by atoms with Gasteiger partial charge in [-0.2, -0.15) is 0 Å². The number of nitrogens with zero attached hydrogens (tertiary/aromatic N) is 2. The number of aromatic nitrogens is 1. The molecule has 0 bridgehead atoms. The lowest BCUT2D eigenvalue weighted by atomic mass is 10.1. The average Bonchev–Trinajstić information content (AvgIpc) is 2.50. The van der Waals surface area contributed by atoms with E-state index >= 15 is 0 Å². The molecule has 0 saturated carbocycles. The lowest BCUT2D eigenvalue weighted by Crippen LogP contribution is -2.00. The molecular weight excluding hydrogens is 350 g/mol. The van der Waals surface area contributed by atoms with Crippen molar-refractivity contribution in [3.63, 3.8) is 0 Å². The minimum atomic E-state index is -0.569. The van der Waals surface area contributed by atoms with Gasteiger partial charge in [0, 0.05) is 15.8 Å².